The van der Waals surface area contributed by atoms with Crippen LogP contribution in [-0.4, -0.2) is 46.1 Å². The first-order valence-corrected chi connectivity index (χ1v) is 7.86. The van der Waals surface area contributed by atoms with Crippen LogP contribution in [0.25, 0.3) is 11.0 Å². The zero-order valence-electron chi connectivity index (χ0n) is 13.5. The summed E-state index contributed by atoms with van der Waals surface area (Å²) in [4.78, 5) is 11.0. The van der Waals surface area contributed by atoms with Gasteiger partial charge in [-0.3, -0.25) is 4.68 Å². The van der Waals surface area contributed by atoms with E-state index in [0.717, 1.165) is 11.5 Å². The van der Waals surface area contributed by atoms with E-state index in [1.165, 1.54) is 12.1 Å². The van der Waals surface area contributed by atoms with Crippen molar-refractivity contribution in [3.8, 4) is 0 Å². The summed E-state index contributed by atoms with van der Waals surface area (Å²) in [6, 6.07) is 3.31. The summed E-state index contributed by atoms with van der Waals surface area (Å²) in [5.41, 5.74) is 0.734. The minimum Gasteiger partial charge on any atom is -0.378 e. The molecular formula is C16H16F2N6O. The molecule has 7 nitrogen and oxygen atoms in total. The summed E-state index contributed by atoms with van der Waals surface area (Å²) in [6.45, 7) is 2.62. The molecule has 130 valence electrons. The van der Waals surface area contributed by atoms with Crippen LogP contribution < -0.4 is 10.2 Å². The lowest BCUT2D eigenvalue weighted by atomic mass is 10.3. The third-order valence-corrected chi connectivity index (χ3v) is 4.06. The van der Waals surface area contributed by atoms with E-state index in [0.29, 0.717) is 37.8 Å². The van der Waals surface area contributed by atoms with Crippen molar-refractivity contribution in [1.29, 1.82) is 0 Å². The minimum atomic E-state index is -0.707. The number of anilines is 3. The zero-order chi connectivity index (χ0) is 17.4. The number of benzene rings is 1. The monoisotopic (exact) mass is 346 g/mol. The number of nitrogens with zero attached hydrogens (tertiary/aromatic N) is 5. The van der Waals surface area contributed by atoms with Crippen molar-refractivity contribution in [3.63, 3.8) is 0 Å². The van der Waals surface area contributed by atoms with Crippen LogP contribution in [0.5, 0.6) is 0 Å². The average molecular weight is 346 g/mol. The number of morpholine rings is 1. The molecule has 0 amide bonds. The van der Waals surface area contributed by atoms with Gasteiger partial charge in [0.15, 0.2) is 5.65 Å². The van der Waals surface area contributed by atoms with Crippen LogP contribution >= 0.6 is 0 Å². The Hall–Kier alpha value is -2.81. The highest BCUT2D eigenvalue weighted by Crippen LogP contribution is 2.27. The van der Waals surface area contributed by atoms with Crippen molar-refractivity contribution in [2.24, 2.45) is 7.05 Å². The third-order valence-electron chi connectivity index (χ3n) is 4.06. The van der Waals surface area contributed by atoms with Crippen LogP contribution in [0.3, 0.4) is 0 Å². The molecule has 0 aliphatic carbocycles. The number of halogens is 2. The van der Waals surface area contributed by atoms with Crippen LogP contribution in [0.4, 0.5) is 26.2 Å². The predicted molar refractivity (Wildman–Crippen MR) is 89.0 cm³/mol. The Balaban J connectivity index is 1.77. The van der Waals surface area contributed by atoms with Gasteiger partial charge in [-0.2, -0.15) is 15.1 Å². The van der Waals surface area contributed by atoms with Crippen molar-refractivity contribution in [2.45, 2.75) is 0 Å². The molecule has 3 heterocycles. The summed E-state index contributed by atoms with van der Waals surface area (Å²) < 4.78 is 34.0. The van der Waals surface area contributed by atoms with Crippen molar-refractivity contribution in [3.05, 3.63) is 36.0 Å². The molecule has 0 bridgehead atoms. The van der Waals surface area contributed by atoms with Gasteiger partial charge in [0.05, 0.1) is 30.5 Å². The fourth-order valence-corrected chi connectivity index (χ4v) is 2.79. The van der Waals surface area contributed by atoms with Crippen LogP contribution in [0.15, 0.2) is 24.4 Å². The molecule has 9 heteroatoms. The molecule has 1 aromatic carbocycles. The van der Waals surface area contributed by atoms with Crippen LogP contribution in [0, 0.1) is 11.6 Å². The second kappa shape index (κ2) is 6.25. The number of aromatic nitrogens is 4. The maximum absolute atomic E-state index is 13.9. The van der Waals surface area contributed by atoms with E-state index in [1.807, 2.05) is 0 Å². The zero-order valence-corrected chi connectivity index (χ0v) is 13.5. The first-order chi connectivity index (χ1) is 12.1. The summed E-state index contributed by atoms with van der Waals surface area (Å²) in [5.74, 6) is -0.406. The molecule has 1 N–H and O–H groups in total. The molecule has 0 atom stereocenters. The van der Waals surface area contributed by atoms with Crippen molar-refractivity contribution >= 4 is 28.5 Å². The van der Waals surface area contributed by atoms with Gasteiger partial charge < -0.3 is 15.0 Å². The van der Waals surface area contributed by atoms with E-state index in [4.69, 9.17) is 4.74 Å². The fraction of sp³-hybridized carbons (Fsp3) is 0.312. The lowest BCUT2D eigenvalue weighted by Gasteiger charge is -2.28. The Morgan fingerprint density at radius 3 is 2.72 bits per heavy atom. The van der Waals surface area contributed by atoms with E-state index in [9.17, 15) is 8.78 Å². The van der Waals surface area contributed by atoms with Gasteiger partial charge >= 0.3 is 0 Å². The third kappa shape index (κ3) is 2.98. The number of ether oxygens (including phenoxy) is 1. The number of nitrogens with one attached hydrogen (secondary N) is 1. The summed E-state index contributed by atoms with van der Waals surface area (Å²) >= 11 is 0. The molecule has 0 radical (unpaired) electrons. The molecule has 1 fully saturated rings. The number of aryl methyl sites for hydroxylation is 1. The number of hydrogen-bond acceptors (Lipinski definition) is 6. The summed E-state index contributed by atoms with van der Waals surface area (Å²) in [7, 11) is 1.78. The molecular weight excluding hydrogens is 330 g/mol. The minimum absolute atomic E-state index is 0.107. The summed E-state index contributed by atoms with van der Waals surface area (Å²) in [5, 5.41) is 7.87. The molecule has 25 heavy (non-hydrogen) atoms. The Labute approximate surface area is 142 Å². The topological polar surface area (TPSA) is 68.1 Å². The fourth-order valence-electron chi connectivity index (χ4n) is 2.79. The van der Waals surface area contributed by atoms with E-state index >= 15 is 0 Å². The van der Waals surface area contributed by atoms with Crippen molar-refractivity contribution in [1.82, 2.24) is 19.7 Å². The molecule has 1 aliphatic heterocycles. The number of fused-ring (bicyclic) bond motifs is 1. The van der Waals surface area contributed by atoms with E-state index < -0.39 is 11.6 Å². The molecule has 0 unspecified atom stereocenters. The van der Waals surface area contributed by atoms with E-state index in [-0.39, 0.29) is 11.6 Å². The van der Waals surface area contributed by atoms with E-state index in [2.05, 4.69) is 25.3 Å². The van der Waals surface area contributed by atoms with Gasteiger partial charge in [0.1, 0.15) is 17.5 Å². The van der Waals surface area contributed by atoms with Crippen LogP contribution in [0.2, 0.25) is 0 Å². The maximum atomic E-state index is 13.9. The van der Waals surface area contributed by atoms with Crippen molar-refractivity contribution in [2.75, 3.05) is 36.5 Å². The quantitative estimate of drug-likeness (QED) is 0.784. The Kier molecular flexibility index (Phi) is 3.92. The highest BCUT2D eigenvalue weighted by Gasteiger charge is 2.20. The second-order valence-electron chi connectivity index (χ2n) is 5.72. The largest absolute Gasteiger partial charge is 0.378 e. The Morgan fingerprint density at radius 1 is 1.16 bits per heavy atom. The SMILES string of the molecule is Cn1ncc2c(N3CCOCC3)nc(Nc3ccc(F)cc3F)nc21. The average Bonchev–Trinajstić information content (AvgIpc) is 2.99. The molecule has 1 aliphatic rings. The molecule has 0 spiro atoms. The summed E-state index contributed by atoms with van der Waals surface area (Å²) in [6.07, 6.45) is 1.71. The highest BCUT2D eigenvalue weighted by atomic mass is 19.1. The van der Waals surface area contributed by atoms with Gasteiger partial charge in [0, 0.05) is 26.2 Å². The maximum Gasteiger partial charge on any atom is 0.231 e. The van der Waals surface area contributed by atoms with Gasteiger partial charge in [0.2, 0.25) is 5.95 Å². The predicted octanol–water partition coefficient (Wildman–Crippen LogP) is 2.22. The molecule has 1 saturated heterocycles. The lowest BCUT2D eigenvalue weighted by Crippen LogP contribution is -2.37. The smallest absolute Gasteiger partial charge is 0.231 e. The Morgan fingerprint density at radius 2 is 1.96 bits per heavy atom. The van der Waals surface area contributed by atoms with Crippen molar-refractivity contribution < 1.29 is 13.5 Å². The standard InChI is InChI=1S/C16H16F2N6O/c1-23-14-11(9-19-23)15(24-4-6-25-7-5-24)22-16(21-14)20-13-3-2-10(17)8-12(13)18/h2-3,8-9H,4-7H2,1H3,(H,20,21,22). The lowest BCUT2D eigenvalue weighted by molar-refractivity contribution is 0.122. The normalized spacial score (nSPS) is 14.9. The number of hydrogen-bond donors (Lipinski definition) is 1. The molecule has 3 aromatic rings. The molecule has 2 aromatic heterocycles. The van der Waals surface area contributed by atoms with Gasteiger partial charge in [-0.1, -0.05) is 0 Å². The van der Waals surface area contributed by atoms with Gasteiger partial charge in [0.25, 0.3) is 0 Å². The first kappa shape index (κ1) is 15.7. The first-order valence-electron chi connectivity index (χ1n) is 7.86. The van der Waals surface area contributed by atoms with E-state index in [1.54, 1.807) is 17.9 Å². The number of rotatable bonds is 3. The van der Waals surface area contributed by atoms with Gasteiger partial charge in [-0.15, -0.1) is 0 Å². The molecule has 0 saturated carbocycles. The van der Waals surface area contributed by atoms with Crippen LogP contribution in [0.1, 0.15) is 0 Å². The van der Waals surface area contributed by atoms with Crippen LogP contribution in [-0.2, 0) is 11.8 Å². The van der Waals surface area contributed by atoms with Gasteiger partial charge in [-0.25, -0.2) is 8.78 Å². The molecule has 4 rings (SSSR count). The Bertz CT molecular complexity index is 922. The van der Waals surface area contributed by atoms with Gasteiger partial charge in [-0.05, 0) is 12.1 Å². The second-order valence-corrected chi connectivity index (χ2v) is 5.72. The highest BCUT2D eigenvalue weighted by molar-refractivity contribution is 5.88.